The average Bonchev–Trinajstić information content (AvgIpc) is 2.23. The molecule has 82 valence electrons. The van der Waals surface area contributed by atoms with Crippen LogP contribution in [0.1, 0.15) is 10.4 Å². The Morgan fingerprint density at radius 2 is 1.13 bits per heavy atom. The largest absolute Gasteiger partial charge is 0.391 e. The predicted octanol–water partition coefficient (Wildman–Crippen LogP) is 5.22. The van der Waals surface area contributed by atoms with Crippen molar-refractivity contribution in [2.45, 2.75) is 0 Å². The zero-order valence-electron chi connectivity index (χ0n) is 6.58. The lowest BCUT2D eigenvalue weighted by molar-refractivity contribution is 0.0798. The normalized spacial score (nSPS) is 10.3. The van der Waals surface area contributed by atoms with E-state index in [1.807, 2.05) is 0 Å². The van der Waals surface area contributed by atoms with E-state index in [-0.39, 0.29) is 5.97 Å². The fourth-order valence-electron chi connectivity index (χ4n) is 0.823. The standard InChI is InChI=1S/C7I6O2/c8-2-1(7(14)15-13)3(9)5(11)6(12)4(2)10. The van der Waals surface area contributed by atoms with E-state index in [0.29, 0.717) is 5.56 Å². The maximum absolute atomic E-state index is 11.6. The Balaban J connectivity index is 3.60. The summed E-state index contributed by atoms with van der Waals surface area (Å²) in [4.78, 5) is 11.6. The molecule has 8 heteroatoms. The lowest BCUT2D eigenvalue weighted by Crippen LogP contribution is -2.09. The Morgan fingerprint density at radius 3 is 1.47 bits per heavy atom. The highest BCUT2D eigenvalue weighted by Gasteiger charge is 2.22. The monoisotopic (exact) mass is 877 g/mol. The molecule has 0 aliphatic heterocycles. The minimum atomic E-state index is -0.281. The summed E-state index contributed by atoms with van der Waals surface area (Å²) in [6.07, 6.45) is 0. The molecule has 0 amide bonds. The number of halogens is 6. The molecule has 0 spiro atoms. The van der Waals surface area contributed by atoms with Crippen LogP contribution in [0.5, 0.6) is 0 Å². The van der Waals surface area contributed by atoms with Gasteiger partial charge in [0.05, 0.1) is 5.56 Å². The summed E-state index contributed by atoms with van der Waals surface area (Å²) in [7, 11) is 0. The molecule has 0 bridgehead atoms. The topological polar surface area (TPSA) is 26.3 Å². The van der Waals surface area contributed by atoms with Crippen molar-refractivity contribution in [3.63, 3.8) is 0 Å². The van der Waals surface area contributed by atoms with Gasteiger partial charge in [-0.05, 0) is 113 Å². The van der Waals surface area contributed by atoms with Crippen LogP contribution in [0.3, 0.4) is 0 Å². The van der Waals surface area contributed by atoms with Crippen LogP contribution in [0.25, 0.3) is 0 Å². The van der Waals surface area contributed by atoms with E-state index in [0.717, 1.165) is 14.3 Å². The molecule has 2 nitrogen and oxygen atoms in total. The third kappa shape index (κ3) is 3.54. The Labute approximate surface area is 169 Å². The van der Waals surface area contributed by atoms with Gasteiger partial charge in [-0.2, -0.15) is 0 Å². The summed E-state index contributed by atoms with van der Waals surface area (Å²) in [5, 5.41) is 0. The molecule has 0 aromatic heterocycles. The molecule has 0 N–H and O–H groups in total. The number of hydrogen-bond donors (Lipinski definition) is 0. The second-order valence-corrected chi connectivity index (χ2v) is 8.14. The van der Waals surface area contributed by atoms with E-state index in [4.69, 9.17) is 3.07 Å². The van der Waals surface area contributed by atoms with Crippen LogP contribution in [0.2, 0.25) is 0 Å². The molecular weight excluding hydrogens is 877 g/mol. The van der Waals surface area contributed by atoms with Gasteiger partial charge in [-0.1, -0.05) is 0 Å². The van der Waals surface area contributed by atoms with Gasteiger partial charge in [0, 0.05) is 17.9 Å². The molecule has 0 saturated carbocycles. The quantitative estimate of drug-likeness (QED) is 0.220. The molecule has 15 heavy (non-hydrogen) atoms. The molecule has 0 unspecified atom stereocenters. The summed E-state index contributed by atoms with van der Waals surface area (Å²) in [6.45, 7) is 0. The third-order valence-electron chi connectivity index (χ3n) is 1.48. The molecule has 0 atom stereocenters. The Bertz CT molecular complexity index is 401. The second-order valence-electron chi connectivity index (χ2n) is 2.31. The summed E-state index contributed by atoms with van der Waals surface area (Å²) >= 11 is 12.8. The number of rotatable bonds is 1. The zero-order valence-corrected chi connectivity index (χ0v) is 19.5. The number of carbonyl (C=O) groups is 1. The van der Waals surface area contributed by atoms with Crippen molar-refractivity contribution < 1.29 is 7.86 Å². The molecule has 1 rings (SSSR count). The van der Waals surface area contributed by atoms with E-state index < -0.39 is 0 Å². The van der Waals surface area contributed by atoms with Crippen molar-refractivity contribution in [1.29, 1.82) is 0 Å². The van der Waals surface area contributed by atoms with Gasteiger partial charge in [-0.15, -0.1) is 0 Å². The van der Waals surface area contributed by atoms with Crippen LogP contribution in [0, 0.1) is 17.9 Å². The zero-order chi connectivity index (χ0) is 11.7. The SMILES string of the molecule is O=C(OI)c1c(I)c(I)c(I)c(I)c1I. The van der Waals surface area contributed by atoms with Crippen molar-refractivity contribution in [3.05, 3.63) is 23.4 Å². The van der Waals surface area contributed by atoms with E-state index in [1.54, 1.807) is 23.0 Å². The molecule has 0 saturated heterocycles. The molecule has 0 fully saturated rings. The van der Waals surface area contributed by atoms with E-state index in [1.165, 1.54) is 3.57 Å². The first-order valence-corrected chi connectivity index (χ1v) is 9.53. The molecule has 0 aliphatic rings. The number of carbonyl (C=O) groups excluding carboxylic acids is 1. The molecule has 0 radical (unpaired) electrons. The number of hydrogen-bond acceptors (Lipinski definition) is 2. The van der Waals surface area contributed by atoms with Gasteiger partial charge < -0.3 is 3.07 Å². The highest BCUT2D eigenvalue weighted by Crippen LogP contribution is 2.34. The smallest absolute Gasteiger partial charge is 0.349 e. The summed E-state index contributed by atoms with van der Waals surface area (Å²) in [6, 6.07) is 0. The predicted molar refractivity (Wildman–Crippen MR) is 109 cm³/mol. The maximum atomic E-state index is 11.6. The fraction of sp³-hybridized carbons (Fsp3) is 0. The van der Waals surface area contributed by atoms with Gasteiger partial charge in [0.2, 0.25) is 0 Å². The maximum Gasteiger partial charge on any atom is 0.349 e. The lowest BCUT2D eigenvalue weighted by Gasteiger charge is -2.11. The summed E-state index contributed by atoms with van der Waals surface area (Å²) in [5.74, 6) is -0.281. The number of benzene rings is 1. The second kappa shape index (κ2) is 7.01. The average molecular weight is 877 g/mol. The van der Waals surface area contributed by atoms with Gasteiger partial charge in [-0.25, -0.2) is 4.79 Å². The Morgan fingerprint density at radius 1 is 0.800 bits per heavy atom. The van der Waals surface area contributed by atoms with Crippen molar-refractivity contribution >= 4 is 142 Å². The minimum absolute atomic E-state index is 0.281. The Kier molecular flexibility index (Phi) is 7.54. The third-order valence-corrected chi connectivity index (χ3v) is 11.4. The van der Waals surface area contributed by atoms with Gasteiger partial charge in [-0.3, -0.25) is 0 Å². The summed E-state index contributed by atoms with van der Waals surface area (Å²) in [5.41, 5.74) is 0.666. The molecule has 0 aliphatic carbocycles. The van der Waals surface area contributed by atoms with Crippen molar-refractivity contribution in [2.24, 2.45) is 0 Å². The van der Waals surface area contributed by atoms with E-state index >= 15 is 0 Å². The van der Waals surface area contributed by atoms with E-state index in [9.17, 15) is 4.79 Å². The Hall–Kier alpha value is 3.07. The highest BCUT2D eigenvalue weighted by molar-refractivity contribution is 14.1. The summed E-state index contributed by atoms with van der Waals surface area (Å²) < 4.78 is 10.1. The van der Waals surface area contributed by atoms with Crippen LogP contribution in [-0.4, -0.2) is 5.97 Å². The first-order valence-electron chi connectivity index (χ1n) is 3.26. The first-order chi connectivity index (χ1) is 6.91. The molecule has 1 aromatic rings. The van der Waals surface area contributed by atoms with Crippen LogP contribution in [0.15, 0.2) is 0 Å². The lowest BCUT2D eigenvalue weighted by atomic mass is 10.2. The minimum Gasteiger partial charge on any atom is -0.391 e. The van der Waals surface area contributed by atoms with Crippen LogP contribution in [-0.2, 0) is 3.07 Å². The van der Waals surface area contributed by atoms with Gasteiger partial charge in [0.25, 0.3) is 0 Å². The molecule has 1 aromatic carbocycles. The van der Waals surface area contributed by atoms with Gasteiger partial charge >= 0.3 is 5.97 Å². The van der Waals surface area contributed by atoms with Crippen molar-refractivity contribution in [2.75, 3.05) is 0 Å². The van der Waals surface area contributed by atoms with Crippen LogP contribution in [0.4, 0.5) is 0 Å². The highest BCUT2D eigenvalue weighted by atomic mass is 127. The molecular formula is C7I6O2. The van der Waals surface area contributed by atoms with Crippen LogP contribution >= 0.6 is 136 Å². The molecule has 0 heterocycles. The fourth-order valence-corrected chi connectivity index (χ4v) is 6.24. The van der Waals surface area contributed by atoms with Gasteiger partial charge in [0.1, 0.15) is 0 Å². The van der Waals surface area contributed by atoms with Gasteiger partial charge in [0.15, 0.2) is 23.0 Å². The van der Waals surface area contributed by atoms with E-state index in [2.05, 4.69) is 113 Å². The first kappa shape index (κ1) is 16.1. The van der Waals surface area contributed by atoms with Crippen molar-refractivity contribution in [1.82, 2.24) is 0 Å². The van der Waals surface area contributed by atoms with Crippen LogP contribution < -0.4 is 0 Å². The van der Waals surface area contributed by atoms with Crippen molar-refractivity contribution in [3.8, 4) is 0 Å².